The van der Waals surface area contributed by atoms with Gasteiger partial charge in [0, 0.05) is 13.1 Å². The summed E-state index contributed by atoms with van der Waals surface area (Å²) in [6.45, 7) is 1.59. The van der Waals surface area contributed by atoms with E-state index in [9.17, 15) is 4.79 Å². The molecule has 2 aromatic carbocycles. The topological polar surface area (TPSA) is 51.9 Å². The molecule has 138 valence electrons. The van der Waals surface area contributed by atoms with Gasteiger partial charge in [-0.15, -0.1) is 0 Å². The number of furan rings is 1. The highest BCUT2D eigenvalue weighted by atomic mass is 16.5. The molecule has 0 aliphatic carbocycles. The maximum Gasteiger partial charge on any atom is 0.289 e. The highest BCUT2D eigenvalue weighted by Gasteiger charge is 2.23. The normalized spacial score (nSPS) is 13.1. The van der Waals surface area contributed by atoms with E-state index < -0.39 is 0 Å². The maximum absolute atomic E-state index is 12.7. The molecule has 0 atom stereocenters. The molecule has 3 aromatic rings. The largest absolute Gasteiger partial charge is 0.497 e. The molecule has 0 saturated heterocycles. The zero-order valence-corrected chi connectivity index (χ0v) is 15.2. The van der Waals surface area contributed by atoms with Gasteiger partial charge in [-0.2, -0.15) is 0 Å². The van der Waals surface area contributed by atoms with E-state index in [1.54, 1.807) is 19.2 Å². The van der Waals surface area contributed by atoms with E-state index in [-0.39, 0.29) is 12.5 Å². The number of hydrogen-bond acceptors (Lipinski definition) is 4. The quantitative estimate of drug-likeness (QED) is 0.686. The number of carbonyl (C=O) groups excluding carboxylic acids is 1. The van der Waals surface area contributed by atoms with Crippen LogP contribution in [0, 0.1) is 0 Å². The van der Waals surface area contributed by atoms with Crippen LogP contribution >= 0.6 is 0 Å². The summed E-state index contributed by atoms with van der Waals surface area (Å²) in [7, 11) is 1.62. The lowest BCUT2D eigenvalue weighted by Crippen LogP contribution is -2.35. The molecule has 5 nitrogen and oxygen atoms in total. The van der Waals surface area contributed by atoms with E-state index in [0.29, 0.717) is 30.4 Å². The van der Waals surface area contributed by atoms with Gasteiger partial charge in [0.1, 0.15) is 23.9 Å². The van der Waals surface area contributed by atoms with Gasteiger partial charge >= 0.3 is 0 Å². The summed E-state index contributed by atoms with van der Waals surface area (Å²) in [6.07, 6.45) is 0.871. The molecular weight excluding hydrogens is 342 g/mol. The Hall–Kier alpha value is -3.21. The summed E-state index contributed by atoms with van der Waals surface area (Å²) in [5.41, 5.74) is 2.52. The first-order valence-electron chi connectivity index (χ1n) is 8.94. The van der Waals surface area contributed by atoms with Crippen molar-refractivity contribution in [2.45, 2.75) is 19.6 Å². The summed E-state index contributed by atoms with van der Waals surface area (Å²) in [5, 5.41) is 0. The second kappa shape index (κ2) is 7.58. The monoisotopic (exact) mass is 363 g/mol. The molecule has 1 amide bonds. The summed E-state index contributed by atoms with van der Waals surface area (Å²) >= 11 is 0. The molecule has 0 radical (unpaired) electrons. The first kappa shape index (κ1) is 17.2. The fourth-order valence-electron chi connectivity index (χ4n) is 3.22. The Balaban J connectivity index is 1.38. The smallest absolute Gasteiger partial charge is 0.289 e. The van der Waals surface area contributed by atoms with Gasteiger partial charge in [-0.05, 0) is 53.9 Å². The van der Waals surface area contributed by atoms with Crippen LogP contribution in [0.15, 0.2) is 65.1 Å². The zero-order chi connectivity index (χ0) is 18.6. The van der Waals surface area contributed by atoms with Crippen molar-refractivity contribution >= 4 is 5.91 Å². The lowest BCUT2D eigenvalue weighted by Gasteiger charge is -2.28. The highest BCUT2D eigenvalue weighted by Crippen LogP contribution is 2.22. The Labute approximate surface area is 158 Å². The van der Waals surface area contributed by atoms with E-state index in [2.05, 4.69) is 12.1 Å². The number of benzene rings is 2. The lowest BCUT2D eigenvalue weighted by atomic mass is 10.00. The SMILES string of the molecule is COc1ccc(OCc2ccc(C(=O)N3CCc4ccccc4C3)o2)cc1. The summed E-state index contributed by atoms with van der Waals surface area (Å²) in [4.78, 5) is 14.6. The first-order valence-corrected chi connectivity index (χ1v) is 8.94. The average Bonchev–Trinajstić information content (AvgIpc) is 3.21. The van der Waals surface area contributed by atoms with Crippen molar-refractivity contribution in [1.29, 1.82) is 0 Å². The molecule has 0 bridgehead atoms. The molecule has 0 saturated carbocycles. The van der Waals surface area contributed by atoms with Crippen molar-refractivity contribution in [2.75, 3.05) is 13.7 Å². The molecule has 0 unspecified atom stereocenters. The van der Waals surface area contributed by atoms with Crippen LogP contribution in [0.3, 0.4) is 0 Å². The van der Waals surface area contributed by atoms with Crippen LogP contribution < -0.4 is 9.47 Å². The molecule has 0 spiro atoms. The molecule has 0 N–H and O–H groups in total. The van der Waals surface area contributed by atoms with E-state index in [4.69, 9.17) is 13.9 Å². The average molecular weight is 363 g/mol. The Kier molecular flexibility index (Phi) is 4.83. The molecule has 1 aromatic heterocycles. The van der Waals surface area contributed by atoms with Gasteiger partial charge in [0.2, 0.25) is 0 Å². The van der Waals surface area contributed by atoms with Crippen LogP contribution in [0.1, 0.15) is 27.4 Å². The van der Waals surface area contributed by atoms with Crippen LogP contribution in [0.4, 0.5) is 0 Å². The summed E-state index contributed by atoms with van der Waals surface area (Å²) in [5.74, 6) is 2.37. The maximum atomic E-state index is 12.7. The van der Waals surface area contributed by atoms with Gasteiger partial charge in [-0.25, -0.2) is 0 Å². The Morgan fingerprint density at radius 3 is 2.52 bits per heavy atom. The third-order valence-electron chi connectivity index (χ3n) is 4.73. The van der Waals surface area contributed by atoms with Gasteiger partial charge in [-0.1, -0.05) is 24.3 Å². The third-order valence-corrected chi connectivity index (χ3v) is 4.73. The minimum absolute atomic E-state index is 0.0831. The molecule has 1 aliphatic heterocycles. The van der Waals surface area contributed by atoms with E-state index in [1.165, 1.54) is 11.1 Å². The van der Waals surface area contributed by atoms with Crippen molar-refractivity contribution < 1.29 is 18.7 Å². The molecule has 0 fully saturated rings. The van der Waals surface area contributed by atoms with Crippen LogP contribution in [0.25, 0.3) is 0 Å². The number of nitrogens with zero attached hydrogens (tertiary/aromatic N) is 1. The second-order valence-corrected chi connectivity index (χ2v) is 6.48. The molecule has 2 heterocycles. The van der Waals surface area contributed by atoms with Crippen LogP contribution in [-0.2, 0) is 19.6 Å². The van der Waals surface area contributed by atoms with Crippen LogP contribution in [0.5, 0.6) is 11.5 Å². The highest BCUT2D eigenvalue weighted by molar-refractivity contribution is 5.91. The standard InChI is InChI=1S/C22H21NO4/c1-25-18-6-8-19(9-7-18)26-15-20-10-11-21(27-20)22(24)23-13-12-16-4-2-3-5-17(16)14-23/h2-11H,12-15H2,1H3. The number of methoxy groups -OCH3 is 1. The molecule has 1 aliphatic rings. The molecule has 4 rings (SSSR count). The Morgan fingerprint density at radius 1 is 1.00 bits per heavy atom. The third kappa shape index (κ3) is 3.82. The van der Waals surface area contributed by atoms with Gasteiger partial charge in [0.25, 0.3) is 5.91 Å². The number of fused-ring (bicyclic) bond motifs is 1. The van der Waals surface area contributed by atoms with Crippen molar-refractivity contribution in [3.63, 3.8) is 0 Å². The summed E-state index contributed by atoms with van der Waals surface area (Å²) in [6, 6.07) is 19.1. The van der Waals surface area contributed by atoms with Crippen molar-refractivity contribution in [3.8, 4) is 11.5 Å². The zero-order valence-electron chi connectivity index (χ0n) is 15.2. The number of ether oxygens (including phenoxy) is 2. The van der Waals surface area contributed by atoms with Crippen molar-refractivity contribution in [1.82, 2.24) is 4.90 Å². The fraction of sp³-hybridized carbons (Fsp3) is 0.227. The lowest BCUT2D eigenvalue weighted by molar-refractivity contribution is 0.0698. The Morgan fingerprint density at radius 2 is 1.74 bits per heavy atom. The molecule has 5 heteroatoms. The number of amides is 1. The number of rotatable bonds is 5. The summed E-state index contributed by atoms with van der Waals surface area (Å²) < 4.78 is 16.5. The van der Waals surface area contributed by atoms with Crippen LogP contribution in [0.2, 0.25) is 0 Å². The minimum atomic E-state index is -0.0831. The minimum Gasteiger partial charge on any atom is -0.497 e. The van der Waals surface area contributed by atoms with Gasteiger partial charge in [-0.3, -0.25) is 4.79 Å². The fourth-order valence-corrected chi connectivity index (χ4v) is 3.22. The Bertz CT molecular complexity index is 929. The van der Waals surface area contributed by atoms with Crippen LogP contribution in [-0.4, -0.2) is 24.5 Å². The van der Waals surface area contributed by atoms with Gasteiger partial charge in [0.05, 0.1) is 7.11 Å². The van der Waals surface area contributed by atoms with E-state index >= 15 is 0 Å². The number of carbonyl (C=O) groups is 1. The molecular formula is C22H21NO4. The van der Waals surface area contributed by atoms with Crippen molar-refractivity contribution in [3.05, 3.63) is 83.3 Å². The van der Waals surface area contributed by atoms with E-state index in [0.717, 1.165) is 12.2 Å². The second-order valence-electron chi connectivity index (χ2n) is 6.48. The van der Waals surface area contributed by atoms with Gasteiger partial charge in [0.15, 0.2) is 5.76 Å². The predicted octanol–water partition coefficient (Wildman–Crippen LogP) is 4.07. The number of hydrogen-bond donors (Lipinski definition) is 0. The van der Waals surface area contributed by atoms with Crippen molar-refractivity contribution in [2.24, 2.45) is 0 Å². The predicted molar refractivity (Wildman–Crippen MR) is 101 cm³/mol. The first-order chi connectivity index (χ1) is 13.2. The van der Waals surface area contributed by atoms with E-state index in [1.807, 2.05) is 41.3 Å². The molecule has 27 heavy (non-hydrogen) atoms. The van der Waals surface area contributed by atoms with Gasteiger partial charge < -0.3 is 18.8 Å².